The lowest BCUT2D eigenvalue weighted by atomic mass is 10.1. The maximum absolute atomic E-state index is 5.81. The van der Waals surface area contributed by atoms with Crippen molar-refractivity contribution in [3.8, 4) is 11.5 Å². The molecule has 5 nitrogen and oxygen atoms in total. The van der Waals surface area contributed by atoms with Crippen LogP contribution in [0.3, 0.4) is 0 Å². The summed E-state index contributed by atoms with van der Waals surface area (Å²) in [6.45, 7) is 8.21. The summed E-state index contributed by atoms with van der Waals surface area (Å²) >= 11 is 0. The first-order chi connectivity index (χ1) is 15.2. The summed E-state index contributed by atoms with van der Waals surface area (Å²) in [6.07, 6.45) is 7.09. The number of rotatable bonds is 5. The smallest absolute Gasteiger partial charge is 0.226 e. The number of nitrogens with zero attached hydrogens (tertiary/aromatic N) is 4. The van der Waals surface area contributed by atoms with E-state index in [9.17, 15) is 0 Å². The molecule has 0 amide bonds. The van der Waals surface area contributed by atoms with Gasteiger partial charge < -0.3 is 8.98 Å². The Bertz CT molecular complexity index is 1160. The molecule has 0 spiro atoms. The van der Waals surface area contributed by atoms with E-state index >= 15 is 0 Å². The summed E-state index contributed by atoms with van der Waals surface area (Å²) in [5, 5.41) is 0. The number of aryl methyl sites for hydroxylation is 2. The largest absolute Gasteiger partial charge is 0.444 e. The highest BCUT2D eigenvalue weighted by molar-refractivity contribution is 5.77. The van der Waals surface area contributed by atoms with Crippen molar-refractivity contribution >= 4 is 11.0 Å². The molecule has 1 aliphatic heterocycles. The zero-order chi connectivity index (χ0) is 21.2. The summed E-state index contributed by atoms with van der Waals surface area (Å²) < 4.78 is 8.09. The Hall–Kier alpha value is -2.92. The number of hydrogen-bond acceptors (Lipinski definition) is 4. The van der Waals surface area contributed by atoms with Gasteiger partial charge in [-0.1, -0.05) is 31.0 Å². The Morgan fingerprint density at radius 1 is 0.871 bits per heavy atom. The zero-order valence-corrected chi connectivity index (χ0v) is 18.5. The molecule has 160 valence electrons. The molecule has 31 heavy (non-hydrogen) atoms. The van der Waals surface area contributed by atoms with E-state index in [2.05, 4.69) is 65.8 Å². The van der Waals surface area contributed by atoms with Crippen LogP contribution < -0.4 is 0 Å². The molecular weight excluding hydrogens is 384 g/mol. The fourth-order valence-electron chi connectivity index (χ4n) is 4.52. The predicted molar refractivity (Wildman–Crippen MR) is 124 cm³/mol. The minimum atomic E-state index is 0.705. The van der Waals surface area contributed by atoms with Crippen molar-refractivity contribution in [3.63, 3.8) is 0 Å². The third-order valence-electron chi connectivity index (χ3n) is 6.27. The fraction of sp³-hybridized carbons (Fsp3) is 0.385. The summed E-state index contributed by atoms with van der Waals surface area (Å²) in [6, 6.07) is 15.0. The number of benzene rings is 2. The maximum atomic E-state index is 5.81. The van der Waals surface area contributed by atoms with Gasteiger partial charge in [-0.25, -0.2) is 9.97 Å². The van der Waals surface area contributed by atoms with E-state index in [1.165, 1.54) is 55.4 Å². The maximum Gasteiger partial charge on any atom is 0.226 e. The van der Waals surface area contributed by atoms with E-state index < -0.39 is 0 Å². The molecule has 1 saturated heterocycles. The highest BCUT2D eigenvalue weighted by Gasteiger charge is 2.14. The van der Waals surface area contributed by atoms with Gasteiger partial charge in [0, 0.05) is 18.7 Å². The molecular formula is C26H30N4O. The van der Waals surface area contributed by atoms with Crippen LogP contribution >= 0.6 is 0 Å². The molecule has 5 heteroatoms. The second-order valence-corrected chi connectivity index (χ2v) is 8.77. The van der Waals surface area contributed by atoms with E-state index in [0.29, 0.717) is 5.89 Å². The van der Waals surface area contributed by atoms with Crippen molar-refractivity contribution in [2.24, 2.45) is 0 Å². The van der Waals surface area contributed by atoms with Crippen LogP contribution in [0.4, 0.5) is 0 Å². The molecule has 0 saturated carbocycles. The van der Waals surface area contributed by atoms with Crippen LogP contribution in [0.1, 0.15) is 48.3 Å². The third-order valence-corrected chi connectivity index (χ3v) is 6.27. The van der Waals surface area contributed by atoms with Gasteiger partial charge in [0.15, 0.2) is 0 Å². The Labute approximate surface area is 183 Å². The van der Waals surface area contributed by atoms with Crippen LogP contribution in [0.15, 0.2) is 53.1 Å². The van der Waals surface area contributed by atoms with Crippen molar-refractivity contribution in [2.45, 2.75) is 52.6 Å². The van der Waals surface area contributed by atoms with Gasteiger partial charge >= 0.3 is 0 Å². The molecule has 1 aliphatic rings. The van der Waals surface area contributed by atoms with E-state index in [0.717, 1.165) is 35.7 Å². The minimum Gasteiger partial charge on any atom is -0.444 e. The SMILES string of the molecule is Cc1ccc2nc(C)n(Cc3ccc(-c4nc(CN5CCCCCC5)co4)cc3)c2c1. The molecule has 0 bridgehead atoms. The minimum absolute atomic E-state index is 0.705. The average Bonchev–Trinajstić information content (AvgIpc) is 3.24. The van der Waals surface area contributed by atoms with Crippen LogP contribution in [-0.4, -0.2) is 32.5 Å². The van der Waals surface area contributed by atoms with Crippen molar-refractivity contribution in [1.29, 1.82) is 0 Å². The number of fused-ring (bicyclic) bond motifs is 1. The quantitative estimate of drug-likeness (QED) is 0.418. The molecule has 0 unspecified atom stereocenters. The molecule has 1 fully saturated rings. The van der Waals surface area contributed by atoms with Gasteiger partial charge in [-0.2, -0.15) is 0 Å². The first-order valence-electron chi connectivity index (χ1n) is 11.4. The van der Waals surface area contributed by atoms with Gasteiger partial charge in [-0.15, -0.1) is 0 Å². The molecule has 0 atom stereocenters. The molecule has 0 N–H and O–H groups in total. The van der Waals surface area contributed by atoms with Crippen molar-refractivity contribution in [1.82, 2.24) is 19.4 Å². The normalized spacial score (nSPS) is 15.4. The standard InChI is InChI=1S/C26H30N4O/c1-19-7-12-24-25(15-19)30(20(2)27-24)16-21-8-10-22(11-9-21)26-28-23(18-31-26)17-29-13-5-3-4-6-14-29/h7-12,15,18H,3-6,13-14,16-17H2,1-2H3. The van der Waals surface area contributed by atoms with Crippen LogP contribution in [-0.2, 0) is 13.1 Å². The number of imidazole rings is 1. The summed E-state index contributed by atoms with van der Waals surface area (Å²) in [5.41, 5.74) is 6.78. The molecule has 2 aromatic heterocycles. The number of aromatic nitrogens is 3. The second-order valence-electron chi connectivity index (χ2n) is 8.77. The van der Waals surface area contributed by atoms with E-state index in [1.54, 1.807) is 0 Å². The van der Waals surface area contributed by atoms with Crippen molar-refractivity contribution in [3.05, 3.63) is 71.4 Å². The van der Waals surface area contributed by atoms with Gasteiger partial charge in [0.05, 0.1) is 16.7 Å². The second kappa shape index (κ2) is 8.67. The zero-order valence-electron chi connectivity index (χ0n) is 18.5. The fourth-order valence-corrected chi connectivity index (χ4v) is 4.52. The van der Waals surface area contributed by atoms with E-state index in [-0.39, 0.29) is 0 Å². The third kappa shape index (κ3) is 4.42. The summed E-state index contributed by atoms with van der Waals surface area (Å²) in [4.78, 5) is 12.0. The van der Waals surface area contributed by atoms with Crippen molar-refractivity contribution in [2.75, 3.05) is 13.1 Å². The highest BCUT2D eigenvalue weighted by Crippen LogP contribution is 2.23. The number of likely N-dealkylation sites (tertiary alicyclic amines) is 1. The molecule has 4 aromatic rings. The van der Waals surface area contributed by atoms with Crippen LogP contribution in [0, 0.1) is 13.8 Å². The predicted octanol–water partition coefficient (Wildman–Crippen LogP) is 5.73. The van der Waals surface area contributed by atoms with Gasteiger partial charge in [0.1, 0.15) is 12.1 Å². The van der Waals surface area contributed by atoms with Gasteiger partial charge in [0.25, 0.3) is 0 Å². The first-order valence-corrected chi connectivity index (χ1v) is 11.4. The Morgan fingerprint density at radius 2 is 1.65 bits per heavy atom. The molecule has 0 radical (unpaired) electrons. The van der Waals surface area contributed by atoms with Gasteiger partial charge in [-0.3, -0.25) is 4.90 Å². The highest BCUT2D eigenvalue weighted by atomic mass is 16.3. The Morgan fingerprint density at radius 3 is 2.42 bits per heavy atom. The number of hydrogen-bond donors (Lipinski definition) is 0. The monoisotopic (exact) mass is 414 g/mol. The first kappa shape index (κ1) is 20.0. The van der Waals surface area contributed by atoms with E-state index in [4.69, 9.17) is 14.4 Å². The molecule has 0 aliphatic carbocycles. The summed E-state index contributed by atoms with van der Waals surface area (Å²) in [5.74, 6) is 1.74. The van der Waals surface area contributed by atoms with Crippen LogP contribution in [0.5, 0.6) is 0 Å². The van der Waals surface area contributed by atoms with Gasteiger partial charge in [0.2, 0.25) is 5.89 Å². The van der Waals surface area contributed by atoms with E-state index in [1.807, 2.05) is 6.26 Å². The molecule has 2 aromatic carbocycles. The average molecular weight is 415 g/mol. The lowest BCUT2D eigenvalue weighted by molar-refractivity contribution is 0.273. The Balaban J connectivity index is 1.30. The summed E-state index contributed by atoms with van der Waals surface area (Å²) in [7, 11) is 0. The van der Waals surface area contributed by atoms with Crippen LogP contribution in [0.2, 0.25) is 0 Å². The topological polar surface area (TPSA) is 47.1 Å². The van der Waals surface area contributed by atoms with Gasteiger partial charge in [-0.05, 0) is 75.2 Å². The number of oxazole rings is 1. The van der Waals surface area contributed by atoms with Crippen molar-refractivity contribution < 1.29 is 4.42 Å². The lowest BCUT2D eigenvalue weighted by Crippen LogP contribution is -2.24. The molecule has 5 rings (SSSR count). The van der Waals surface area contributed by atoms with Crippen LogP contribution in [0.25, 0.3) is 22.5 Å². The lowest BCUT2D eigenvalue weighted by Gasteiger charge is -2.17. The Kier molecular flexibility index (Phi) is 5.60. The molecule has 3 heterocycles.